The fourth-order valence-electron chi connectivity index (χ4n) is 3.00. The average Bonchev–Trinajstić information content (AvgIpc) is 3.46. The molecule has 1 N–H and O–H groups in total. The summed E-state index contributed by atoms with van der Waals surface area (Å²) >= 11 is 7.44. The van der Waals surface area contributed by atoms with Gasteiger partial charge in [-0.15, -0.1) is 10.2 Å². The predicted molar refractivity (Wildman–Crippen MR) is 110 cm³/mol. The summed E-state index contributed by atoms with van der Waals surface area (Å²) < 4.78 is 2.13. The van der Waals surface area contributed by atoms with Crippen LogP contribution in [-0.2, 0) is 4.79 Å². The molecular formula is C20H20ClN5OS. The van der Waals surface area contributed by atoms with Gasteiger partial charge in [0.05, 0.1) is 11.8 Å². The van der Waals surface area contributed by atoms with Gasteiger partial charge < -0.3 is 5.32 Å². The van der Waals surface area contributed by atoms with Crippen molar-refractivity contribution in [1.29, 1.82) is 0 Å². The van der Waals surface area contributed by atoms with E-state index in [2.05, 4.69) is 25.1 Å². The number of aromatic nitrogens is 4. The summed E-state index contributed by atoms with van der Waals surface area (Å²) in [6.45, 7) is 1.95. The van der Waals surface area contributed by atoms with E-state index in [9.17, 15) is 4.79 Å². The molecule has 0 saturated heterocycles. The second kappa shape index (κ2) is 8.32. The first-order chi connectivity index (χ1) is 13.6. The Morgan fingerprint density at radius 3 is 2.89 bits per heavy atom. The standard InChI is InChI=1S/C20H20ClN5OS/c1-13(14-4-2-6-16(21)10-14)23-18(27)12-28-20-25-24-19(26(20)17-7-8-17)15-5-3-9-22-11-15/h2-6,9-11,13,17H,7-8,12H2,1H3,(H,23,27)/t13-/m1/s1. The number of carbonyl (C=O) groups excluding carboxylic acids is 1. The van der Waals surface area contributed by atoms with Gasteiger partial charge in [-0.1, -0.05) is 35.5 Å². The van der Waals surface area contributed by atoms with Gasteiger partial charge >= 0.3 is 0 Å². The highest BCUT2D eigenvalue weighted by atomic mass is 35.5. The van der Waals surface area contributed by atoms with Crippen LogP contribution in [0.3, 0.4) is 0 Å². The number of nitrogens with one attached hydrogen (secondary N) is 1. The van der Waals surface area contributed by atoms with E-state index in [4.69, 9.17) is 11.6 Å². The fourth-order valence-corrected chi connectivity index (χ4v) is 4.02. The number of benzene rings is 1. The van der Waals surface area contributed by atoms with Gasteiger partial charge in [-0.3, -0.25) is 14.3 Å². The molecule has 0 bridgehead atoms. The molecule has 1 amide bonds. The normalized spacial score (nSPS) is 14.6. The number of hydrogen-bond donors (Lipinski definition) is 1. The van der Waals surface area contributed by atoms with Crippen LogP contribution in [0.4, 0.5) is 0 Å². The van der Waals surface area contributed by atoms with Crippen molar-refractivity contribution in [3.8, 4) is 11.4 Å². The zero-order valence-electron chi connectivity index (χ0n) is 15.4. The topological polar surface area (TPSA) is 72.7 Å². The molecule has 0 spiro atoms. The zero-order valence-corrected chi connectivity index (χ0v) is 17.0. The summed E-state index contributed by atoms with van der Waals surface area (Å²) in [6.07, 6.45) is 5.74. The van der Waals surface area contributed by atoms with Crippen LogP contribution in [0.1, 0.15) is 37.4 Å². The summed E-state index contributed by atoms with van der Waals surface area (Å²) in [6, 6.07) is 11.7. The molecule has 1 fully saturated rings. The van der Waals surface area contributed by atoms with Crippen molar-refractivity contribution < 1.29 is 4.79 Å². The Kier molecular flexibility index (Phi) is 5.64. The number of halogens is 1. The Labute approximate surface area is 172 Å². The fraction of sp³-hybridized carbons (Fsp3) is 0.300. The number of pyridine rings is 1. The minimum absolute atomic E-state index is 0.0502. The SMILES string of the molecule is C[C@@H](NC(=O)CSc1nnc(-c2cccnc2)n1C1CC1)c1cccc(Cl)c1. The first kappa shape index (κ1) is 19.0. The first-order valence-corrected chi connectivity index (χ1v) is 10.5. The molecule has 1 aliphatic carbocycles. The second-order valence-electron chi connectivity index (χ2n) is 6.78. The Morgan fingerprint density at radius 1 is 1.32 bits per heavy atom. The first-order valence-electron chi connectivity index (χ1n) is 9.15. The number of nitrogens with zero attached hydrogens (tertiary/aromatic N) is 4. The maximum Gasteiger partial charge on any atom is 0.230 e. The highest BCUT2D eigenvalue weighted by Crippen LogP contribution is 2.40. The third-order valence-corrected chi connectivity index (χ3v) is 5.73. The van der Waals surface area contributed by atoms with Crippen molar-refractivity contribution in [2.75, 3.05) is 5.75 Å². The molecule has 0 unspecified atom stereocenters. The molecule has 3 aromatic rings. The largest absolute Gasteiger partial charge is 0.349 e. The molecule has 8 heteroatoms. The van der Waals surface area contributed by atoms with Gasteiger partial charge in [0, 0.05) is 29.0 Å². The van der Waals surface area contributed by atoms with E-state index in [1.807, 2.05) is 43.3 Å². The van der Waals surface area contributed by atoms with Gasteiger partial charge in [0.1, 0.15) is 0 Å². The smallest absolute Gasteiger partial charge is 0.230 e. The Balaban J connectivity index is 1.42. The monoisotopic (exact) mass is 413 g/mol. The molecular weight excluding hydrogens is 394 g/mol. The van der Waals surface area contributed by atoms with Gasteiger partial charge in [0.15, 0.2) is 11.0 Å². The molecule has 1 aromatic carbocycles. The van der Waals surface area contributed by atoms with Crippen LogP contribution in [-0.4, -0.2) is 31.4 Å². The highest BCUT2D eigenvalue weighted by molar-refractivity contribution is 7.99. The Morgan fingerprint density at radius 2 is 2.18 bits per heavy atom. The Hall–Kier alpha value is -2.38. The van der Waals surface area contributed by atoms with E-state index in [-0.39, 0.29) is 17.7 Å². The summed E-state index contributed by atoms with van der Waals surface area (Å²) in [5.41, 5.74) is 1.92. The summed E-state index contributed by atoms with van der Waals surface area (Å²) in [5, 5.41) is 13.1. The van der Waals surface area contributed by atoms with Gasteiger partial charge in [-0.2, -0.15) is 0 Å². The lowest BCUT2D eigenvalue weighted by atomic mass is 10.1. The van der Waals surface area contributed by atoms with Crippen LogP contribution in [0, 0.1) is 0 Å². The maximum atomic E-state index is 12.4. The lowest BCUT2D eigenvalue weighted by Crippen LogP contribution is -2.28. The van der Waals surface area contributed by atoms with E-state index in [0.717, 1.165) is 34.9 Å². The average molecular weight is 414 g/mol. The van der Waals surface area contributed by atoms with Crippen LogP contribution >= 0.6 is 23.4 Å². The molecule has 144 valence electrons. The quantitative estimate of drug-likeness (QED) is 0.584. The molecule has 0 radical (unpaired) electrons. The maximum absolute atomic E-state index is 12.4. The van der Waals surface area contributed by atoms with Crippen LogP contribution < -0.4 is 5.32 Å². The second-order valence-corrected chi connectivity index (χ2v) is 8.16. The van der Waals surface area contributed by atoms with Crippen LogP contribution in [0.25, 0.3) is 11.4 Å². The minimum Gasteiger partial charge on any atom is -0.349 e. The van der Waals surface area contributed by atoms with Crippen LogP contribution in [0.5, 0.6) is 0 Å². The van der Waals surface area contributed by atoms with Gasteiger partial charge in [-0.25, -0.2) is 0 Å². The summed E-state index contributed by atoms with van der Waals surface area (Å²) in [5.74, 6) is 1.04. The lowest BCUT2D eigenvalue weighted by Gasteiger charge is -2.14. The molecule has 2 heterocycles. The number of carbonyl (C=O) groups is 1. The van der Waals surface area contributed by atoms with Crippen molar-refractivity contribution >= 4 is 29.3 Å². The van der Waals surface area contributed by atoms with E-state index < -0.39 is 0 Å². The molecule has 1 atom stereocenters. The molecule has 28 heavy (non-hydrogen) atoms. The van der Waals surface area contributed by atoms with E-state index in [1.165, 1.54) is 11.8 Å². The van der Waals surface area contributed by atoms with Crippen molar-refractivity contribution in [3.05, 3.63) is 59.4 Å². The number of rotatable bonds is 7. The third kappa shape index (κ3) is 4.36. The van der Waals surface area contributed by atoms with Gasteiger partial charge in [0.25, 0.3) is 0 Å². The minimum atomic E-state index is -0.112. The molecule has 1 saturated carbocycles. The molecule has 6 nitrogen and oxygen atoms in total. The number of thioether (sulfide) groups is 1. The molecule has 1 aliphatic rings. The van der Waals surface area contributed by atoms with E-state index >= 15 is 0 Å². The van der Waals surface area contributed by atoms with Crippen molar-refractivity contribution in [2.45, 2.75) is 37.0 Å². The summed E-state index contributed by atoms with van der Waals surface area (Å²) in [4.78, 5) is 16.6. The van der Waals surface area contributed by atoms with Gasteiger partial charge in [-0.05, 0) is 49.6 Å². The predicted octanol–water partition coefficient (Wildman–Crippen LogP) is 4.30. The van der Waals surface area contributed by atoms with Gasteiger partial charge in [0.2, 0.25) is 5.91 Å². The lowest BCUT2D eigenvalue weighted by molar-refractivity contribution is -0.119. The summed E-state index contributed by atoms with van der Waals surface area (Å²) in [7, 11) is 0. The van der Waals surface area contributed by atoms with Crippen LogP contribution in [0.15, 0.2) is 53.9 Å². The van der Waals surface area contributed by atoms with E-state index in [0.29, 0.717) is 11.1 Å². The van der Waals surface area contributed by atoms with Crippen molar-refractivity contribution in [2.24, 2.45) is 0 Å². The van der Waals surface area contributed by atoms with E-state index in [1.54, 1.807) is 12.4 Å². The highest BCUT2D eigenvalue weighted by Gasteiger charge is 2.30. The molecule has 0 aliphatic heterocycles. The van der Waals surface area contributed by atoms with Crippen molar-refractivity contribution in [1.82, 2.24) is 25.1 Å². The number of amides is 1. The van der Waals surface area contributed by atoms with Crippen LogP contribution in [0.2, 0.25) is 5.02 Å². The zero-order chi connectivity index (χ0) is 19.5. The Bertz CT molecular complexity index is 974. The molecule has 2 aromatic heterocycles. The third-order valence-electron chi connectivity index (χ3n) is 4.55. The number of hydrogen-bond acceptors (Lipinski definition) is 5. The van der Waals surface area contributed by atoms with Crippen molar-refractivity contribution in [3.63, 3.8) is 0 Å². The molecule has 4 rings (SSSR count).